The van der Waals surface area contributed by atoms with E-state index in [1.54, 1.807) is 0 Å². The Balaban J connectivity index is 2.12. The molecule has 4 heteroatoms. The van der Waals surface area contributed by atoms with Crippen molar-refractivity contribution in [2.75, 3.05) is 0 Å². The summed E-state index contributed by atoms with van der Waals surface area (Å²) in [7, 11) is 0. The lowest BCUT2D eigenvalue weighted by atomic mass is 10.1. The van der Waals surface area contributed by atoms with Crippen LogP contribution >= 0.6 is 34.5 Å². The van der Waals surface area contributed by atoms with Crippen molar-refractivity contribution in [3.05, 3.63) is 55.7 Å². The monoisotopic (exact) mass is 313 g/mol. The highest BCUT2D eigenvalue weighted by Gasteiger charge is 2.15. The molecule has 0 radical (unpaired) electrons. The van der Waals surface area contributed by atoms with E-state index in [-0.39, 0.29) is 6.04 Å². The molecule has 0 bridgehead atoms. The minimum absolute atomic E-state index is 0.156. The average molecular weight is 314 g/mol. The Bertz CT molecular complexity index is 565. The average Bonchev–Trinajstić information content (AvgIpc) is 2.79. The number of aryl methyl sites for hydroxylation is 1. The van der Waals surface area contributed by atoms with Gasteiger partial charge in [-0.3, -0.25) is 0 Å². The summed E-state index contributed by atoms with van der Waals surface area (Å²) < 4.78 is 0. The highest BCUT2D eigenvalue weighted by Crippen LogP contribution is 2.31. The second-order valence-electron chi connectivity index (χ2n) is 4.70. The third-order valence-electron chi connectivity index (χ3n) is 3.14. The summed E-state index contributed by atoms with van der Waals surface area (Å²) in [5.41, 5.74) is 1.04. The molecule has 0 saturated heterocycles. The Labute approximate surface area is 128 Å². The summed E-state index contributed by atoms with van der Waals surface area (Å²) in [6.07, 6.45) is 0. The van der Waals surface area contributed by atoms with Crippen molar-refractivity contribution >= 4 is 34.5 Å². The Kier molecular flexibility index (Phi) is 4.91. The highest BCUT2D eigenvalue weighted by atomic mass is 35.5. The van der Waals surface area contributed by atoms with Gasteiger partial charge < -0.3 is 5.32 Å². The van der Waals surface area contributed by atoms with Crippen LogP contribution in [-0.4, -0.2) is 0 Å². The Morgan fingerprint density at radius 1 is 1.05 bits per heavy atom. The molecule has 1 aromatic carbocycles. The fourth-order valence-electron chi connectivity index (χ4n) is 2.09. The number of hydrogen-bond donors (Lipinski definition) is 1. The SMILES string of the molecule is Cc1ccc(C(C)NC(C)c2cccc(Cl)c2Cl)s1. The first-order valence-corrected chi connectivity index (χ1v) is 7.82. The minimum atomic E-state index is 0.156. The lowest BCUT2D eigenvalue weighted by Gasteiger charge is -2.20. The highest BCUT2D eigenvalue weighted by molar-refractivity contribution is 7.12. The smallest absolute Gasteiger partial charge is 0.0639 e. The van der Waals surface area contributed by atoms with Gasteiger partial charge in [0, 0.05) is 21.8 Å². The molecular formula is C15H17Cl2NS. The molecule has 2 atom stereocenters. The van der Waals surface area contributed by atoms with Crippen molar-refractivity contribution in [3.63, 3.8) is 0 Å². The molecule has 0 amide bonds. The van der Waals surface area contributed by atoms with Gasteiger partial charge in [-0.2, -0.15) is 0 Å². The summed E-state index contributed by atoms with van der Waals surface area (Å²) in [5, 5.41) is 4.80. The van der Waals surface area contributed by atoms with Gasteiger partial charge in [0.2, 0.25) is 0 Å². The van der Waals surface area contributed by atoms with Crippen molar-refractivity contribution in [3.8, 4) is 0 Å². The summed E-state index contributed by atoms with van der Waals surface area (Å²) in [6.45, 7) is 6.40. The van der Waals surface area contributed by atoms with Crippen LogP contribution in [0.25, 0.3) is 0 Å². The predicted octanol–water partition coefficient (Wildman–Crippen LogP) is 5.78. The van der Waals surface area contributed by atoms with E-state index in [9.17, 15) is 0 Å². The van der Waals surface area contributed by atoms with Crippen LogP contribution in [0.4, 0.5) is 0 Å². The van der Waals surface area contributed by atoms with E-state index in [1.807, 2.05) is 29.5 Å². The molecule has 0 saturated carbocycles. The molecule has 2 aromatic rings. The summed E-state index contributed by atoms with van der Waals surface area (Å²) >= 11 is 14.1. The summed E-state index contributed by atoms with van der Waals surface area (Å²) in [5.74, 6) is 0. The van der Waals surface area contributed by atoms with E-state index >= 15 is 0 Å². The normalized spacial score (nSPS) is 14.4. The van der Waals surface area contributed by atoms with Crippen molar-refractivity contribution < 1.29 is 0 Å². The maximum atomic E-state index is 6.25. The predicted molar refractivity (Wildman–Crippen MR) is 85.5 cm³/mol. The number of benzene rings is 1. The molecule has 0 aliphatic heterocycles. The molecule has 1 aromatic heterocycles. The van der Waals surface area contributed by atoms with Crippen molar-refractivity contribution in [1.82, 2.24) is 5.32 Å². The summed E-state index contributed by atoms with van der Waals surface area (Å²) in [4.78, 5) is 2.67. The number of rotatable bonds is 4. The zero-order valence-electron chi connectivity index (χ0n) is 11.2. The molecule has 0 fully saturated rings. The maximum absolute atomic E-state index is 6.25. The molecule has 0 aliphatic rings. The van der Waals surface area contributed by atoms with Gasteiger partial charge >= 0.3 is 0 Å². The largest absolute Gasteiger partial charge is 0.303 e. The van der Waals surface area contributed by atoms with Crippen LogP contribution in [-0.2, 0) is 0 Å². The van der Waals surface area contributed by atoms with Gasteiger partial charge in [-0.1, -0.05) is 35.3 Å². The second kappa shape index (κ2) is 6.27. The van der Waals surface area contributed by atoms with Gasteiger partial charge in [-0.25, -0.2) is 0 Å². The van der Waals surface area contributed by atoms with Crippen LogP contribution in [0.15, 0.2) is 30.3 Å². The van der Waals surface area contributed by atoms with Crippen molar-refractivity contribution in [2.45, 2.75) is 32.9 Å². The molecule has 1 N–H and O–H groups in total. The van der Waals surface area contributed by atoms with Gasteiger partial charge in [0.15, 0.2) is 0 Å². The van der Waals surface area contributed by atoms with Gasteiger partial charge in [0.1, 0.15) is 0 Å². The van der Waals surface area contributed by atoms with Crippen LogP contribution in [0.3, 0.4) is 0 Å². The minimum Gasteiger partial charge on any atom is -0.303 e. The quantitative estimate of drug-likeness (QED) is 0.755. The van der Waals surface area contributed by atoms with Crippen LogP contribution in [0.2, 0.25) is 10.0 Å². The fraction of sp³-hybridized carbons (Fsp3) is 0.333. The lowest BCUT2D eigenvalue weighted by Crippen LogP contribution is -2.22. The van der Waals surface area contributed by atoms with Gasteiger partial charge in [0.05, 0.1) is 10.0 Å². The third kappa shape index (κ3) is 3.51. The lowest BCUT2D eigenvalue weighted by molar-refractivity contribution is 0.500. The molecule has 1 nitrogen and oxygen atoms in total. The summed E-state index contributed by atoms with van der Waals surface area (Å²) in [6, 6.07) is 10.5. The van der Waals surface area contributed by atoms with E-state index in [0.29, 0.717) is 16.1 Å². The van der Waals surface area contributed by atoms with Crippen LogP contribution < -0.4 is 5.32 Å². The molecule has 2 unspecified atom stereocenters. The molecule has 102 valence electrons. The zero-order chi connectivity index (χ0) is 14.0. The van der Waals surface area contributed by atoms with Gasteiger partial charge in [-0.15, -0.1) is 11.3 Å². The molecular weight excluding hydrogens is 297 g/mol. The topological polar surface area (TPSA) is 12.0 Å². The van der Waals surface area contributed by atoms with Gasteiger partial charge in [0.25, 0.3) is 0 Å². The van der Waals surface area contributed by atoms with Gasteiger partial charge in [-0.05, 0) is 44.5 Å². The van der Waals surface area contributed by atoms with E-state index in [2.05, 4.69) is 38.2 Å². The number of hydrogen-bond acceptors (Lipinski definition) is 2. The fourth-order valence-corrected chi connectivity index (χ4v) is 3.45. The molecule has 19 heavy (non-hydrogen) atoms. The number of halogens is 2. The first kappa shape index (κ1) is 14.9. The van der Waals surface area contributed by atoms with Crippen LogP contribution in [0.1, 0.15) is 41.2 Å². The van der Waals surface area contributed by atoms with E-state index in [0.717, 1.165) is 5.56 Å². The van der Waals surface area contributed by atoms with Crippen molar-refractivity contribution in [2.24, 2.45) is 0 Å². The molecule has 1 heterocycles. The molecule has 2 rings (SSSR count). The molecule has 0 aliphatic carbocycles. The zero-order valence-corrected chi connectivity index (χ0v) is 13.5. The standard InChI is InChI=1S/C15H17Cl2NS/c1-9-7-8-14(19-9)11(3)18-10(2)12-5-4-6-13(16)15(12)17/h4-8,10-11,18H,1-3H3. The Morgan fingerprint density at radius 3 is 2.42 bits per heavy atom. The maximum Gasteiger partial charge on any atom is 0.0639 e. The Hall–Kier alpha value is -0.540. The number of nitrogens with one attached hydrogen (secondary N) is 1. The van der Waals surface area contributed by atoms with E-state index in [4.69, 9.17) is 23.2 Å². The number of thiophene rings is 1. The third-order valence-corrected chi connectivity index (χ3v) is 5.15. The first-order valence-electron chi connectivity index (χ1n) is 6.25. The van der Waals surface area contributed by atoms with E-state index < -0.39 is 0 Å². The first-order chi connectivity index (χ1) is 8.99. The van der Waals surface area contributed by atoms with Crippen molar-refractivity contribution in [1.29, 1.82) is 0 Å². The molecule has 0 spiro atoms. The van der Waals surface area contributed by atoms with Crippen LogP contribution in [0.5, 0.6) is 0 Å². The Morgan fingerprint density at radius 2 is 1.79 bits per heavy atom. The van der Waals surface area contributed by atoms with E-state index in [1.165, 1.54) is 9.75 Å². The van der Waals surface area contributed by atoms with Crippen LogP contribution in [0, 0.1) is 6.92 Å². The second-order valence-corrected chi connectivity index (χ2v) is 6.81.